The van der Waals surface area contributed by atoms with Crippen molar-refractivity contribution in [2.24, 2.45) is 5.92 Å². The third-order valence-corrected chi connectivity index (χ3v) is 3.96. The Labute approximate surface area is 108 Å². The van der Waals surface area contributed by atoms with Gasteiger partial charge in [0.2, 0.25) is 0 Å². The number of nitrogens with zero attached hydrogens (tertiary/aromatic N) is 1. The molecule has 0 aromatic carbocycles. The summed E-state index contributed by atoms with van der Waals surface area (Å²) in [4.78, 5) is 2.73. The molecule has 0 spiro atoms. The predicted molar refractivity (Wildman–Crippen MR) is 76.4 cm³/mol. The van der Waals surface area contributed by atoms with E-state index in [1.54, 1.807) is 0 Å². The standard InChI is InChI=1S/C15H32N2/c1-5-8-14(16-10-6-2)12-17-11-7-9-15(17)13(3)4/h13-16H,5-12H2,1-4H3. The number of rotatable bonds is 8. The zero-order chi connectivity index (χ0) is 12.7. The van der Waals surface area contributed by atoms with Crippen LogP contribution in [0, 0.1) is 5.92 Å². The molecule has 1 rings (SSSR count). The molecule has 0 aromatic rings. The van der Waals surface area contributed by atoms with Crippen LogP contribution in [-0.4, -0.2) is 36.6 Å². The van der Waals surface area contributed by atoms with Crippen molar-refractivity contribution in [3.8, 4) is 0 Å². The molecule has 1 aliphatic heterocycles. The van der Waals surface area contributed by atoms with E-state index in [4.69, 9.17) is 0 Å². The van der Waals surface area contributed by atoms with E-state index in [1.165, 1.54) is 51.7 Å². The van der Waals surface area contributed by atoms with Crippen molar-refractivity contribution in [2.45, 2.75) is 71.9 Å². The van der Waals surface area contributed by atoms with Gasteiger partial charge in [0.05, 0.1) is 0 Å². The average Bonchev–Trinajstić information content (AvgIpc) is 2.74. The highest BCUT2D eigenvalue weighted by Crippen LogP contribution is 2.24. The lowest BCUT2D eigenvalue weighted by Gasteiger charge is -2.31. The molecule has 0 aromatic heterocycles. The van der Waals surface area contributed by atoms with Crippen molar-refractivity contribution in [2.75, 3.05) is 19.6 Å². The zero-order valence-electron chi connectivity index (χ0n) is 12.3. The summed E-state index contributed by atoms with van der Waals surface area (Å²) in [7, 11) is 0. The molecule has 2 atom stereocenters. The van der Waals surface area contributed by atoms with Crippen LogP contribution in [-0.2, 0) is 0 Å². The summed E-state index contributed by atoms with van der Waals surface area (Å²) in [5.74, 6) is 0.811. The molecule has 0 saturated carbocycles. The summed E-state index contributed by atoms with van der Waals surface area (Å²) in [5, 5.41) is 3.72. The molecular formula is C15H32N2. The van der Waals surface area contributed by atoms with Gasteiger partial charge in [0, 0.05) is 18.6 Å². The molecule has 0 amide bonds. The maximum atomic E-state index is 3.72. The van der Waals surface area contributed by atoms with E-state index in [0.29, 0.717) is 6.04 Å². The Balaban J connectivity index is 2.41. The van der Waals surface area contributed by atoms with Crippen LogP contribution in [0.1, 0.15) is 59.8 Å². The maximum absolute atomic E-state index is 3.72. The molecule has 2 nitrogen and oxygen atoms in total. The first-order valence-corrected chi connectivity index (χ1v) is 7.66. The minimum Gasteiger partial charge on any atom is -0.313 e. The Morgan fingerprint density at radius 2 is 2.00 bits per heavy atom. The second-order valence-electron chi connectivity index (χ2n) is 5.89. The molecule has 0 radical (unpaired) electrons. The van der Waals surface area contributed by atoms with Crippen molar-refractivity contribution in [3.63, 3.8) is 0 Å². The van der Waals surface area contributed by atoms with Crippen molar-refractivity contribution >= 4 is 0 Å². The van der Waals surface area contributed by atoms with Gasteiger partial charge in [-0.15, -0.1) is 0 Å². The van der Waals surface area contributed by atoms with Crippen LogP contribution in [0.2, 0.25) is 0 Å². The van der Waals surface area contributed by atoms with E-state index in [-0.39, 0.29) is 0 Å². The quantitative estimate of drug-likeness (QED) is 0.700. The molecule has 0 aliphatic carbocycles. The predicted octanol–water partition coefficient (Wildman–Crippen LogP) is 3.28. The van der Waals surface area contributed by atoms with Gasteiger partial charge in [0.1, 0.15) is 0 Å². The fourth-order valence-electron chi connectivity index (χ4n) is 3.07. The summed E-state index contributed by atoms with van der Waals surface area (Å²) in [5.41, 5.74) is 0. The first-order valence-electron chi connectivity index (χ1n) is 7.66. The van der Waals surface area contributed by atoms with Gasteiger partial charge in [-0.3, -0.25) is 4.90 Å². The van der Waals surface area contributed by atoms with Gasteiger partial charge in [0.15, 0.2) is 0 Å². The average molecular weight is 240 g/mol. The molecule has 102 valence electrons. The van der Waals surface area contributed by atoms with E-state index in [9.17, 15) is 0 Å². The Morgan fingerprint density at radius 1 is 1.24 bits per heavy atom. The number of hydrogen-bond donors (Lipinski definition) is 1. The largest absolute Gasteiger partial charge is 0.313 e. The SMILES string of the molecule is CCCNC(CCC)CN1CCCC1C(C)C. The Morgan fingerprint density at radius 3 is 2.59 bits per heavy atom. The Kier molecular flexibility index (Phi) is 7.14. The molecule has 1 saturated heterocycles. The lowest BCUT2D eigenvalue weighted by Crippen LogP contribution is -2.44. The van der Waals surface area contributed by atoms with E-state index in [0.717, 1.165) is 12.0 Å². The van der Waals surface area contributed by atoms with Crippen molar-refractivity contribution in [3.05, 3.63) is 0 Å². The van der Waals surface area contributed by atoms with Crippen LogP contribution in [0.15, 0.2) is 0 Å². The summed E-state index contributed by atoms with van der Waals surface area (Å²) >= 11 is 0. The molecule has 2 heteroatoms. The van der Waals surface area contributed by atoms with Crippen molar-refractivity contribution in [1.82, 2.24) is 10.2 Å². The molecule has 17 heavy (non-hydrogen) atoms. The Bertz CT molecular complexity index is 191. The van der Waals surface area contributed by atoms with Crippen molar-refractivity contribution in [1.29, 1.82) is 0 Å². The fourth-order valence-corrected chi connectivity index (χ4v) is 3.07. The van der Waals surface area contributed by atoms with Crippen LogP contribution in [0.5, 0.6) is 0 Å². The van der Waals surface area contributed by atoms with E-state index in [1.807, 2.05) is 0 Å². The van der Waals surface area contributed by atoms with Crippen LogP contribution in [0.3, 0.4) is 0 Å². The van der Waals surface area contributed by atoms with Crippen LogP contribution in [0.25, 0.3) is 0 Å². The fraction of sp³-hybridized carbons (Fsp3) is 1.00. The van der Waals surface area contributed by atoms with Gasteiger partial charge in [0.25, 0.3) is 0 Å². The highest BCUT2D eigenvalue weighted by Gasteiger charge is 2.28. The minimum absolute atomic E-state index is 0.708. The van der Waals surface area contributed by atoms with Gasteiger partial charge in [-0.05, 0) is 44.7 Å². The van der Waals surface area contributed by atoms with Gasteiger partial charge >= 0.3 is 0 Å². The summed E-state index contributed by atoms with van der Waals surface area (Å²) < 4.78 is 0. The van der Waals surface area contributed by atoms with Gasteiger partial charge in [-0.25, -0.2) is 0 Å². The van der Waals surface area contributed by atoms with Gasteiger partial charge < -0.3 is 5.32 Å². The third-order valence-electron chi connectivity index (χ3n) is 3.96. The highest BCUT2D eigenvalue weighted by atomic mass is 15.2. The van der Waals surface area contributed by atoms with E-state index >= 15 is 0 Å². The second kappa shape index (κ2) is 8.10. The topological polar surface area (TPSA) is 15.3 Å². The van der Waals surface area contributed by atoms with E-state index in [2.05, 4.69) is 37.9 Å². The molecule has 0 bridgehead atoms. The number of nitrogens with one attached hydrogen (secondary N) is 1. The summed E-state index contributed by atoms with van der Waals surface area (Å²) in [6.45, 7) is 13.0. The first-order chi connectivity index (χ1) is 8.19. The molecule has 1 heterocycles. The molecule has 1 N–H and O–H groups in total. The van der Waals surface area contributed by atoms with Crippen LogP contribution >= 0.6 is 0 Å². The second-order valence-corrected chi connectivity index (χ2v) is 5.89. The lowest BCUT2D eigenvalue weighted by atomic mass is 10.0. The van der Waals surface area contributed by atoms with Crippen LogP contribution in [0.4, 0.5) is 0 Å². The monoisotopic (exact) mass is 240 g/mol. The maximum Gasteiger partial charge on any atom is 0.0195 e. The normalized spacial score (nSPS) is 23.5. The van der Waals surface area contributed by atoms with E-state index < -0.39 is 0 Å². The highest BCUT2D eigenvalue weighted by molar-refractivity contribution is 4.84. The first kappa shape index (κ1) is 15.0. The molecule has 1 fully saturated rings. The van der Waals surface area contributed by atoms with Crippen molar-refractivity contribution < 1.29 is 0 Å². The molecular weight excluding hydrogens is 208 g/mol. The van der Waals surface area contributed by atoms with Gasteiger partial charge in [-0.2, -0.15) is 0 Å². The number of hydrogen-bond acceptors (Lipinski definition) is 2. The third kappa shape index (κ3) is 4.97. The Hall–Kier alpha value is -0.0800. The smallest absolute Gasteiger partial charge is 0.0195 e. The van der Waals surface area contributed by atoms with Crippen LogP contribution < -0.4 is 5.32 Å². The zero-order valence-corrected chi connectivity index (χ0v) is 12.3. The summed E-state index contributed by atoms with van der Waals surface area (Å²) in [6, 6.07) is 1.54. The van der Waals surface area contributed by atoms with Gasteiger partial charge in [-0.1, -0.05) is 34.1 Å². The summed E-state index contributed by atoms with van der Waals surface area (Å²) in [6.07, 6.45) is 6.66. The number of likely N-dealkylation sites (tertiary alicyclic amines) is 1. The molecule has 1 aliphatic rings. The molecule has 2 unspecified atom stereocenters. The lowest BCUT2D eigenvalue weighted by molar-refractivity contribution is 0.182. The minimum atomic E-state index is 0.708.